The van der Waals surface area contributed by atoms with Gasteiger partial charge in [-0.15, -0.1) is 0 Å². The van der Waals surface area contributed by atoms with Crippen LogP contribution in [0.1, 0.15) is 39.5 Å². The number of amides is 1. The maximum Gasteiger partial charge on any atom is 0.224 e. The summed E-state index contributed by atoms with van der Waals surface area (Å²) >= 11 is 0. The van der Waals surface area contributed by atoms with Gasteiger partial charge in [0.1, 0.15) is 0 Å². The van der Waals surface area contributed by atoms with Crippen LogP contribution in [0.2, 0.25) is 0 Å². The van der Waals surface area contributed by atoms with Crippen molar-refractivity contribution in [1.29, 1.82) is 0 Å². The third-order valence-electron chi connectivity index (χ3n) is 5.15. The van der Waals surface area contributed by atoms with Gasteiger partial charge in [0.15, 0.2) is 0 Å². The Kier molecular flexibility index (Phi) is 4.85. The van der Waals surface area contributed by atoms with Crippen molar-refractivity contribution in [2.24, 2.45) is 23.5 Å². The highest BCUT2D eigenvalue weighted by Crippen LogP contribution is 2.47. The Morgan fingerprint density at radius 2 is 2.05 bits per heavy atom. The van der Waals surface area contributed by atoms with Crippen molar-refractivity contribution >= 4 is 5.91 Å². The fourth-order valence-corrected chi connectivity index (χ4v) is 3.64. The molecule has 0 heterocycles. The van der Waals surface area contributed by atoms with Crippen LogP contribution in [-0.2, 0) is 4.79 Å². The van der Waals surface area contributed by atoms with E-state index in [2.05, 4.69) is 31.1 Å². The topological polar surface area (TPSA) is 58.4 Å². The Balaban J connectivity index is 1.68. The van der Waals surface area contributed by atoms with Gasteiger partial charge in [-0.3, -0.25) is 4.79 Å². The lowest BCUT2D eigenvalue weighted by Crippen LogP contribution is -2.45. The van der Waals surface area contributed by atoms with E-state index < -0.39 is 0 Å². The van der Waals surface area contributed by atoms with Crippen LogP contribution in [0, 0.1) is 17.8 Å². The van der Waals surface area contributed by atoms with E-state index in [4.69, 9.17) is 5.73 Å². The van der Waals surface area contributed by atoms with E-state index in [-0.39, 0.29) is 17.9 Å². The summed E-state index contributed by atoms with van der Waals surface area (Å²) in [5, 5.41) is 3.09. The predicted octanol–water partition coefficient (Wildman–Crippen LogP) is 1.21. The molecule has 4 nitrogen and oxygen atoms in total. The molecule has 4 atom stereocenters. The summed E-state index contributed by atoms with van der Waals surface area (Å²) in [5.74, 6) is 1.44. The van der Waals surface area contributed by atoms with E-state index in [1.807, 2.05) is 0 Å². The molecular weight excluding hydrogens is 238 g/mol. The lowest BCUT2D eigenvalue weighted by Gasteiger charge is -2.27. The van der Waals surface area contributed by atoms with Crippen LogP contribution in [0.3, 0.4) is 0 Å². The van der Waals surface area contributed by atoms with Crippen molar-refractivity contribution in [2.75, 3.05) is 20.1 Å². The predicted molar refractivity (Wildman–Crippen MR) is 77.7 cm³/mol. The van der Waals surface area contributed by atoms with E-state index in [0.717, 1.165) is 19.5 Å². The van der Waals surface area contributed by atoms with E-state index >= 15 is 0 Å². The number of rotatable bonds is 6. The van der Waals surface area contributed by atoms with E-state index in [0.29, 0.717) is 17.9 Å². The van der Waals surface area contributed by atoms with E-state index in [9.17, 15) is 4.79 Å². The number of hydrogen-bond acceptors (Lipinski definition) is 3. The summed E-state index contributed by atoms with van der Waals surface area (Å²) in [7, 11) is 2.12. The fraction of sp³-hybridized carbons (Fsp3) is 0.933. The molecule has 2 saturated carbocycles. The molecule has 2 rings (SSSR count). The molecule has 0 saturated heterocycles. The highest BCUT2D eigenvalue weighted by molar-refractivity contribution is 5.80. The Morgan fingerprint density at radius 3 is 2.63 bits per heavy atom. The SMILES string of the molecule is CC(C)N(C)CCCNC(=O)C1C2CCC(C2)C1N. The Bertz CT molecular complexity index is 317. The normalized spacial score (nSPS) is 33.4. The first kappa shape index (κ1) is 14.8. The zero-order valence-electron chi connectivity index (χ0n) is 12.6. The van der Waals surface area contributed by atoms with Gasteiger partial charge in [0, 0.05) is 18.6 Å². The first-order valence-electron chi connectivity index (χ1n) is 7.74. The summed E-state index contributed by atoms with van der Waals surface area (Å²) in [4.78, 5) is 14.5. The van der Waals surface area contributed by atoms with Gasteiger partial charge in [0.25, 0.3) is 0 Å². The zero-order valence-corrected chi connectivity index (χ0v) is 12.6. The molecule has 2 fully saturated rings. The van der Waals surface area contributed by atoms with Crippen molar-refractivity contribution in [3.05, 3.63) is 0 Å². The van der Waals surface area contributed by atoms with Crippen LogP contribution in [0.15, 0.2) is 0 Å². The van der Waals surface area contributed by atoms with Gasteiger partial charge in [-0.25, -0.2) is 0 Å². The number of hydrogen-bond donors (Lipinski definition) is 2. The van der Waals surface area contributed by atoms with Gasteiger partial charge in [-0.2, -0.15) is 0 Å². The molecule has 19 heavy (non-hydrogen) atoms. The number of carbonyl (C=O) groups is 1. The van der Waals surface area contributed by atoms with Crippen LogP contribution in [0.25, 0.3) is 0 Å². The van der Waals surface area contributed by atoms with Gasteiger partial charge in [0.2, 0.25) is 5.91 Å². The Hall–Kier alpha value is -0.610. The van der Waals surface area contributed by atoms with Crippen molar-refractivity contribution in [2.45, 2.75) is 51.6 Å². The molecular formula is C15H29N3O. The van der Waals surface area contributed by atoms with Crippen molar-refractivity contribution in [3.8, 4) is 0 Å². The Morgan fingerprint density at radius 1 is 1.37 bits per heavy atom. The van der Waals surface area contributed by atoms with E-state index in [1.54, 1.807) is 0 Å². The van der Waals surface area contributed by atoms with Crippen molar-refractivity contribution in [3.63, 3.8) is 0 Å². The van der Waals surface area contributed by atoms with Gasteiger partial charge in [-0.1, -0.05) is 0 Å². The van der Waals surface area contributed by atoms with Crippen LogP contribution < -0.4 is 11.1 Å². The van der Waals surface area contributed by atoms with Crippen LogP contribution in [0.4, 0.5) is 0 Å². The smallest absolute Gasteiger partial charge is 0.224 e. The second-order valence-electron chi connectivity index (χ2n) is 6.66. The molecule has 1 amide bonds. The molecule has 2 aliphatic carbocycles. The second kappa shape index (κ2) is 6.23. The first-order valence-corrected chi connectivity index (χ1v) is 7.74. The van der Waals surface area contributed by atoms with Gasteiger partial charge >= 0.3 is 0 Å². The molecule has 0 aromatic rings. The molecule has 0 aromatic carbocycles. The lowest BCUT2D eigenvalue weighted by atomic mass is 9.84. The summed E-state index contributed by atoms with van der Waals surface area (Å²) in [6, 6.07) is 0.673. The standard InChI is InChI=1S/C15H29N3O/c1-10(2)18(3)8-4-7-17-15(19)13-11-5-6-12(9-11)14(13)16/h10-14H,4-9,16H2,1-3H3,(H,17,19). The summed E-state index contributed by atoms with van der Waals surface area (Å²) in [5.41, 5.74) is 6.19. The molecule has 4 heteroatoms. The average Bonchev–Trinajstić information content (AvgIpc) is 2.94. The summed E-state index contributed by atoms with van der Waals surface area (Å²) < 4.78 is 0. The average molecular weight is 267 g/mol. The van der Waals surface area contributed by atoms with Gasteiger partial charge in [-0.05, 0) is 65.0 Å². The number of nitrogens with one attached hydrogen (secondary N) is 1. The molecule has 4 unspecified atom stereocenters. The molecule has 110 valence electrons. The number of fused-ring (bicyclic) bond motifs is 2. The lowest BCUT2D eigenvalue weighted by molar-refractivity contribution is -0.127. The molecule has 2 bridgehead atoms. The molecule has 3 N–H and O–H groups in total. The highest BCUT2D eigenvalue weighted by atomic mass is 16.1. The monoisotopic (exact) mass is 267 g/mol. The molecule has 0 radical (unpaired) electrons. The minimum Gasteiger partial charge on any atom is -0.356 e. The van der Waals surface area contributed by atoms with Crippen LogP contribution in [0.5, 0.6) is 0 Å². The summed E-state index contributed by atoms with van der Waals surface area (Å²) in [6.07, 6.45) is 4.62. The van der Waals surface area contributed by atoms with E-state index in [1.165, 1.54) is 19.3 Å². The fourth-order valence-electron chi connectivity index (χ4n) is 3.64. The molecule has 0 aromatic heterocycles. The third-order valence-corrected chi connectivity index (χ3v) is 5.15. The molecule has 0 aliphatic heterocycles. The number of nitrogens with two attached hydrogens (primary N) is 1. The van der Waals surface area contributed by atoms with Crippen molar-refractivity contribution < 1.29 is 4.79 Å². The molecule has 2 aliphatic rings. The maximum absolute atomic E-state index is 12.2. The maximum atomic E-state index is 12.2. The van der Waals surface area contributed by atoms with Gasteiger partial charge in [0.05, 0.1) is 5.92 Å². The Labute approximate surface area is 117 Å². The van der Waals surface area contributed by atoms with Crippen LogP contribution in [-0.4, -0.2) is 43.0 Å². The highest BCUT2D eigenvalue weighted by Gasteiger charge is 2.48. The quantitative estimate of drug-likeness (QED) is 0.711. The molecule has 0 spiro atoms. The van der Waals surface area contributed by atoms with Crippen molar-refractivity contribution in [1.82, 2.24) is 10.2 Å². The van der Waals surface area contributed by atoms with Gasteiger partial charge < -0.3 is 16.0 Å². The minimum atomic E-state index is 0.0848. The minimum absolute atomic E-state index is 0.0848. The first-order chi connectivity index (χ1) is 9.00. The number of carbonyl (C=O) groups excluding carboxylic acids is 1. The third kappa shape index (κ3) is 3.29. The largest absolute Gasteiger partial charge is 0.356 e. The van der Waals surface area contributed by atoms with Crippen LogP contribution >= 0.6 is 0 Å². The summed E-state index contributed by atoms with van der Waals surface area (Å²) in [6.45, 7) is 6.18. The zero-order chi connectivity index (χ0) is 14.0. The number of nitrogens with zero attached hydrogens (tertiary/aromatic N) is 1. The second-order valence-corrected chi connectivity index (χ2v) is 6.66.